The van der Waals surface area contributed by atoms with Crippen molar-refractivity contribution in [3.63, 3.8) is 0 Å². The second kappa shape index (κ2) is 9.25. The van der Waals surface area contributed by atoms with Gasteiger partial charge in [-0.3, -0.25) is 9.69 Å². The molecule has 1 aliphatic heterocycles. The Morgan fingerprint density at radius 2 is 2.11 bits per heavy atom. The van der Waals surface area contributed by atoms with Gasteiger partial charge in [0.05, 0.1) is 26.4 Å². The van der Waals surface area contributed by atoms with Crippen LogP contribution in [0.3, 0.4) is 0 Å². The number of aliphatic hydroxyl groups is 1. The van der Waals surface area contributed by atoms with E-state index >= 15 is 0 Å². The van der Waals surface area contributed by atoms with Gasteiger partial charge in [-0.25, -0.2) is 0 Å². The van der Waals surface area contributed by atoms with Crippen LogP contribution in [0.1, 0.15) is 41.7 Å². The van der Waals surface area contributed by atoms with Crippen LogP contribution in [0, 0.1) is 25.7 Å². The summed E-state index contributed by atoms with van der Waals surface area (Å²) in [6.45, 7) is 10.8. The highest BCUT2D eigenvalue weighted by atomic mass is 16.5. The van der Waals surface area contributed by atoms with Crippen LogP contribution in [0.4, 0.5) is 0 Å². The number of rotatable bonds is 6. The lowest BCUT2D eigenvalue weighted by atomic mass is 9.72. The molecule has 0 spiro atoms. The van der Waals surface area contributed by atoms with E-state index in [4.69, 9.17) is 9.47 Å². The summed E-state index contributed by atoms with van der Waals surface area (Å²) in [5.41, 5.74) is 4.31. The number of nitrogens with one attached hydrogen (secondary N) is 1. The zero-order chi connectivity index (χ0) is 20.3. The van der Waals surface area contributed by atoms with Crippen LogP contribution < -0.4 is 10.1 Å². The molecule has 1 amide bonds. The standard InChI is InChI=1S/C22H34N2O4/c1-14-13-19(27-4)16(3)20-17(14)5-6-18(21(20)25)15(2)22(26)23-7-8-24-9-11-28-12-10-24/h13,15,18,21,25H,5-12H2,1-4H3,(H,23,26)/t15-,18-,21+/m0/s1. The molecule has 0 bridgehead atoms. The highest BCUT2D eigenvalue weighted by molar-refractivity contribution is 5.78. The molecular formula is C22H34N2O4. The zero-order valence-electron chi connectivity index (χ0n) is 17.6. The summed E-state index contributed by atoms with van der Waals surface area (Å²) in [4.78, 5) is 15.0. The first-order valence-corrected chi connectivity index (χ1v) is 10.4. The highest BCUT2D eigenvalue weighted by Gasteiger charge is 2.37. The van der Waals surface area contributed by atoms with Crippen molar-refractivity contribution in [1.29, 1.82) is 0 Å². The predicted octanol–water partition coefficient (Wildman–Crippen LogP) is 1.99. The first-order chi connectivity index (χ1) is 13.4. The molecular weight excluding hydrogens is 356 g/mol. The van der Waals surface area contributed by atoms with Gasteiger partial charge in [-0.2, -0.15) is 0 Å². The maximum absolute atomic E-state index is 12.7. The summed E-state index contributed by atoms with van der Waals surface area (Å²) in [5.74, 6) is 0.511. The Hall–Kier alpha value is -1.63. The third-order valence-corrected chi connectivity index (χ3v) is 6.46. The number of hydrogen-bond acceptors (Lipinski definition) is 5. The van der Waals surface area contributed by atoms with E-state index in [1.807, 2.05) is 19.9 Å². The van der Waals surface area contributed by atoms with Gasteiger partial charge in [-0.15, -0.1) is 0 Å². The third-order valence-electron chi connectivity index (χ3n) is 6.46. The molecule has 1 heterocycles. The molecule has 3 rings (SSSR count). The molecule has 2 aliphatic rings. The second-order valence-electron chi connectivity index (χ2n) is 8.09. The van der Waals surface area contributed by atoms with Crippen LogP contribution in [-0.2, 0) is 16.0 Å². The number of carbonyl (C=O) groups excluding carboxylic acids is 1. The Morgan fingerprint density at radius 1 is 1.39 bits per heavy atom. The van der Waals surface area contributed by atoms with Crippen LogP contribution in [0.25, 0.3) is 0 Å². The highest BCUT2D eigenvalue weighted by Crippen LogP contribution is 2.43. The van der Waals surface area contributed by atoms with Gasteiger partial charge in [0.2, 0.25) is 5.91 Å². The molecule has 0 saturated carbocycles. The van der Waals surface area contributed by atoms with Crippen molar-refractivity contribution in [3.05, 3.63) is 28.3 Å². The van der Waals surface area contributed by atoms with Gasteiger partial charge in [0.1, 0.15) is 5.75 Å². The van der Waals surface area contributed by atoms with Crippen molar-refractivity contribution >= 4 is 5.91 Å². The maximum atomic E-state index is 12.7. The van der Waals surface area contributed by atoms with Gasteiger partial charge in [0.15, 0.2) is 0 Å². The summed E-state index contributed by atoms with van der Waals surface area (Å²) in [5, 5.41) is 14.2. The van der Waals surface area contributed by atoms with Crippen molar-refractivity contribution in [2.24, 2.45) is 11.8 Å². The number of hydrogen-bond donors (Lipinski definition) is 2. The van der Waals surface area contributed by atoms with E-state index < -0.39 is 6.10 Å². The van der Waals surface area contributed by atoms with E-state index in [-0.39, 0.29) is 17.7 Å². The third kappa shape index (κ3) is 4.34. The molecule has 1 aromatic rings. The van der Waals surface area contributed by atoms with Crippen molar-refractivity contribution < 1.29 is 19.4 Å². The number of amides is 1. The smallest absolute Gasteiger partial charge is 0.223 e. The van der Waals surface area contributed by atoms with Gasteiger partial charge >= 0.3 is 0 Å². The maximum Gasteiger partial charge on any atom is 0.223 e. The van der Waals surface area contributed by atoms with E-state index in [0.717, 1.165) is 68.1 Å². The Bertz CT molecular complexity index is 700. The molecule has 1 aliphatic carbocycles. The molecule has 3 atom stereocenters. The lowest BCUT2D eigenvalue weighted by molar-refractivity contribution is -0.128. The second-order valence-corrected chi connectivity index (χ2v) is 8.09. The predicted molar refractivity (Wildman–Crippen MR) is 109 cm³/mol. The molecule has 1 aromatic carbocycles. The van der Waals surface area contributed by atoms with Crippen molar-refractivity contribution in [1.82, 2.24) is 10.2 Å². The molecule has 0 unspecified atom stereocenters. The SMILES string of the molecule is COc1cc(C)c2c(c1C)[C@H](O)[C@H]([C@H](C)C(=O)NCCN1CCOCC1)CC2. The molecule has 1 fully saturated rings. The minimum absolute atomic E-state index is 0.0260. The Balaban J connectivity index is 1.64. The molecule has 6 nitrogen and oxygen atoms in total. The number of benzene rings is 1. The number of carbonyl (C=O) groups is 1. The zero-order valence-corrected chi connectivity index (χ0v) is 17.6. The topological polar surface area (TPSA) is 71.0 Å². The number of aryl methyl sites for hydroxylation is 1. The largest absolute Gasteiger partial charge is 0.496 e. The van der Waals surface area contributed by atoms with Gasteiger partial charge in [0, 0.05) is 38.0 Å². The first-order valence-electron chi connectivity index (χ1n) is 10.4. The summed E-state index contributed by atoms with van der Waals surface area (Å²) < 4.78 is 10.8. The van der Waals surface area contributed by atoms with Gasteiger partial charge in [-0.1, -0.05) is 6.92 Å². The quantitative estimate of drug-likeness (QED) is 0.777. The summed E-state index contributed by atoms with van der Waals surface area (Å²) in [6, 6.07) is 2.04. The molecule has 6 heteroatoms. The van der Waals surface area contributed by atoms with Crippen LogP contribution in [0.2, 0.25) is 0 Å². The summed E-state index contributed by atoms with van der Waals surface area (Å²) in [6.07, 6.45) is 1.07. The van der Waals surface area contributed by atoms with Gasteiger partial charge < -0.3 is 19.9 Å². The number of methoxy groups -OCH3 is 1. The van der Waals surface area contributed by atoms with Gasteiger partial charge in [0.25, 0.3) is 0 Å². The first kappa shape index (κ1) is 21.1. The Labute approximate surface area is 168 Å². The minimum Gasteiger partial charge on any atom is -0.496 e. The number of aliphatic hydroxyl groups excluding tert-OH is 1. The normalized spacial score (nSPS) is 23.8. The average molecular weight is 391 g/mol. The Kier molecular flexibility index (Phi) is 6.96. The fraction of sp³-hybridized carbons (Fsp3) is 0.682. The van der Waals surface area contributed by atoms with Crippen LogP contribution in [0.5, 0.6) is 5.75 Å². The minimum atomic E-state index is -0.641. The average Bonchev–Trinajstić information content (AvgIpc) is 2.70. The van der Waals surface area contributed by atoms with Crippen LogP contribution >= 0.6 is 0 Å². The summed E-state index contributed by atoms with van der Waals surface area (Å²) in [7, 11) is 1.66. The lowest BCUT2D eigenvalue weighted by Gasteiger charge is -2.36. The molecule has 0 aromatic heterocycles. The van der Waals surface area contributed by atoms with E-state index in [1.54, 1.807) is 7.11 Å². The molecule has 0 radical (unpaired) electrons. The number of ether oxygens (including phenoxy) is 2. The van der Waals surface area contributed by atoms with Crippen LogP contribution in [0.15, 0.2) is 6.07 Å². The fourth-order valence-corrected chi connectivity index (χ4v) is 4.63. The van der Waals surface area contributed by atoms with E-state index in [2.05, 4.69) is 17.1 Å². The van der Waals surface area contributed by atoms with Crippen molar-refractivity contribution in [2.75, 3.05) is 46.5 Å². The van der Waals surface area contributed by atoms with E-state index in [9.17, 15) is 9.90 Å². The summed E-state index contributed by atoms with van der Waals surface area (Å²) >= 11 is 0. The van der Waals surface area contributed by atoms with Crippen molar-refractivity contribution in [3.8, 4) is 5.75 Å². The van der Waals surface area contributed by atoms with Gasteiger partial charge in [-0.05, 0) is 55.0 Å². The molecule has 2 N–H and O–H groups in total. The lowest BCUT2D eigenvalue weighted by Crippen LogP contribution is -2.43. The molecule has 156 valence electrons. The number of fused-ring (bicyclic) bond motifs is 1. The van der Waals surface area contributed by atoms with E-state index in [0.29, 0.717) is 6.54 Å². The van der Waals surface area contributed by atoms with E-state index in [1.165, 1.54) is 5.56 Å². The molecule has 28 heavy (non-hydrogen) atoms. The Morgan fingerprint density at radius 3 is 2.79 bits per heavy atom. The number of nitrogens with zero attached hydrogens (tertiary/aromatic N) is 1. The molecule has 1 saturated heterocycles. The van der Waals surface area contributed by atoms with Crippen molar-refractivity contribution in [2.45, 2.75) is 39.7 Å². The fourth-order valence-electron chi connectivity index (χ4n) is 4.63. The number of morpholine rings is 1. The monoisotopic (exact) mass is 390 g/mol. The van der Waals surface area contributed by atoms with Crippen LogP contribution in [-0.4, -0.2) is 62.4 Å².